The molecule has 0 aromatic carbocycles. The van der Waals surface area contributed by atoms with E-state index in [-0.39, 0.29) is 6.61 Å². The molecule has 129 valence electrons. The summed E-state index contributed by atoms with van der Waals surface area (Å²) in [5.74, 6) is 0. The first kappa shape index (κ1) is 17.9. The van der Waals surface area contributed by atoms with Crippen molar-refractivity contribution in [1.29, 1.82) is 0 Å². The molecule has 0 bridgehead atoms. The van der Waals surface area contributed by atoms with Gasteiger partial charge in [-0.05, 0) is 0 Å². The standard InChI is InChI=1S/C12H21O10/c13-1-5-8(16)10(18)11(19)12(22-5)21-3-6-9(17)7(15)4(14)2-20-6/h2,4-19H,1,3H2/t4-,5+,6+,7+,8-,9-,10-,11+,12+/m0/s1. The summed E-state index contributed by atoms with van der Waals surface area (Å²) in [6, 6.07) is 0. The van der Waals surface area contributed by atoms with Gasteiger partial charge in [-0.25, -0.2) is 0 Å². The van der Waals surface area contributed by atoms with Crippen molar-refractivity contribution in [1.82, 2.24) is 0 Å². The third-order valence-electron chi connectivity index (χ3n) is 3.75. The Hall–Kier alpha value is -0.400. The van der Waals surface area contributed by atoms with Gasteiger partial charge >= 0.3 is 0 Å². The van der Waals surface area contributed by atoms with Gasteiger partial charge in [-0.1, -0.05) is 0 Å². The van der Waals surface area contributed by atoms with Crippen LogP contribution in [0.5, 0.6) is 0 Å². The summed E-state index contributed by atoms with van der Waals surface area (Å²) in [5, 5.41) is 66.5. The number of ether oxygens (including phenoxy) is 3. The Morgan fingerprint density at radius 2 is 1.45 bits per heavy atom. The Kier molecular flexibility index (Phi) is 6.07. The quantitative estimate of drug-likeness (QED) is 0.267. The number of hydrogen-bond acceptors (Lipinski definition) is 10. The zero-order valence-corrected chi connectivity index (χ0v) is 11.5. The smallest absolute Gasteiger partial charge is 0.186 e. The molecule has 0 aromatic heterocycles. The zero-order valence-electron chi connectivity index (χ0n) is 11.5. The number of rotatable bonds is 4. The molecule has 10 heteroatoms. The molecule has 2 heterocycles. The lowest BCUT2D eigenvalue weighted by Crippen LogP contribution is -2.60. The van der Waals surface area contributed by atoms with Gasteiger partial charge in [-0.15, -0.1) is 0 Å². The molecule has 0 unspecified atom stereocenters. The van der Waals surface area contributed by atoms with Crippen LogP contribution < -0.4 is 0 Å². The fraction of sp³-hybridized carbons (Fsp3) is 0.917. The zero-order chi connectivity index (χ0) is 16.4. The van der Waals surface area contributed by atoms with Gasteiger partial charge in [0.2, 0.25) is 0 Å². The number of hydrogen-bond donors (Lipinski definition) is 7. The minimum Gasteiger partial charge on any atom is -0.394 e. The second kappa shape index (κ2) is 7.45. The summed E-state index contributed by atoms with van der Waals surface area (Å²) in [4.78, 5) is 0. The van der Waals surface area contributed by atoms with Gasteiger partial charge < -0.3 is 50.0 Å². The molecule has 9 atom stereocenters. The lowest BCUT2D eigenvalue weighted by molar-refractivity contribution is -0.309. The van der Waals surface area contributed by atoms with E-state index in [9.17, 15) is 30.6 Å². The third-order valence-corrected chi connectivity index (χ3v) is 3.75. The Balaban J connectivity index is 1.90. The van der Waals surface area contributed by atoms with Crippen molar-refractivity contribution in [3.63, 3.8) is 0 Å². The summed E-state index contributed by atoms with van der Waals surface area (Å²) in [5.41, 5.74) is 0. The number of aliphatic hydroxyl groups excluding tert-OH is 7. The lowest BCUT2D eigenvalue weighted by atomic mass is 9.99. The highest BCUT2D eigenvalue weighted by atomic mass is 16.7. The molecule has 10 nitrogen and oxygen atoms in total. The van der Waals surface area contributed by atoms with Crippen molar-refractivity contribution in [2.24, 2.45) is 0 Å². The third kappa shape index (κ3) is 3.57. The van der Waals surface area contributed by atoms with Gasteiger partial charge in [0.15, 0.2) is 6.29 Å². The molecule has 0 saturated carbocycles. The largest absolute Gasteiger partial charge is 0.394 e. The fourth-order valence-electron chi connectivity index (χ4n) is 2.30. The first-order valence-electron chi connectivity index (χ1n) is 6.82. The Morgan fingerprint density at radius 3 is 2.09 bits per heavy atom. The van der Waals surface area contributed by atoms with E-state index < -0.39 is 61.7 Å². The fourth-order valence-corrected chi connectivity index (χ4v) is 2.30. The monoisotopic (exact) mass is 325 g/mol. The second-order valence-corrected chi connectivity index (χ2v) is 5.31. The second-order valence-electron chi connectivity index (χ2n) is 5.31. The van der Waals surface area contributed by atoms with Crippen LogP contribution in [0.3, 0.4) is 0 Å². The summed E-state index contributed by atoms with van der Waals surface area (Å²) < 4.78 is 15.3. The summed E-state index contributed by atoms with van der Waals surface area (Å²) >= 11 is 0. The van der Waals surface area contributed by atoms with Crippen LogP contribution in [-0.2, 0) is 14.2 Å². The molecule has 0 aromatic rings. The maximum Gasteiger partial charge on any atom is 0.186 e. The van der Waals surface area contributed by atoms with Crippen LogP contribution in [0.1, 0.15) is 0 Å². The Bertz CT molecular complexity index is 353. The minimum absolute atomic E-state index is 0.329. The normalized spacial score (nSPS) is 50.0. The van der Waals surface area contributed by atoms with Crippen molar-refractivity contribution in [3.8, 4) is 0 Å². The van der Waals surface area contributed by atoms with Crippen LogP contribution in [-0.4, -0.2) is 104 Å². The van der Waals surface area contributed by atoms with Crippen LogP contribution in [0.2, 0.25) is 0 Å². The molecule has 1 radical (unpaired) electrons. The predicted octanol–water partition coefficient (Wildman–Crippen LogP) is -4.55. The van der Waals surface area contributed by atoms with Crippen molar-refractivity contribution in [3.05, 3.63) is 6.61 Å². The van der Waals surface area contributed by atoms with Crippen LogP contribution >= 0.6 is 0 Å². The van der Waals surface area contributed by atoms with E-state index in [4.69, 9.17) is 19.3 Å². The Labute approximate surface area is 126 Å². The molecule has 2 aliphatic heterocycles. The van der Waals surface area contributed by atoms with E-state index in [0.717, 1.165) is 6.61 Å². The van der Waals surface area contributed by atoms with E-state index in [0.29, 0.717) is 0 Å². The van der Waals surface area contributed by atoms with Crippen molar-refractivity contribution >= 4 is 0 Å². The van der Waals surface area contributed by atoms with Gasteiger partial charge in [0.05, 0.1) is 13.2 Å². The molecule has 2 rings (SSSR count). The van der Waals surface area contributed by atoms with Crippen LogP contribution in [0.4, 0.5) is 0 Å². The van der Waals surface area contributed by atoms with Crippen molar-refractivity contribution < 1.29 is 50.0 Å². The van der Waals surface area contributed by atoms with Gasteiger partial charge in [-0.2, -0.15) is 0 Å². The van der Waals surface area contributed by atoms with E-state index in [1.165, 1.54) is 0 Å². The van der Waals surface area contributed by atoms with E-state index in [1.807, 2.05) is 0 Å². The average molecular weight is 325 g/mol. The predicted molar refractivity (Wildman–Crippen MR) is 66.9 cm³/mol. The number of aliphatic hydroxyl groups is 7. The highest BCUT2D eigenvalue weighted by Gasteiger charge is 2.45. The van der Waals surface area contributed by atoms with Gasteiger partial charge in [-0.3, -0.25) is 0 Å². The molecule has 0 amide bonds. The SMILES string of the molecule is OC[C@H]1O[C@@H](OC[C@H]2O[CH][C@H](O)[C@@H](O)[C@H]2O)[C@H](O)[C@@H](O)[C@H]1O. The summed E-state index contributed by atoms with van der Waals surface area (Å²) in [6.45, 7) is 0.0227. The molecule has 22 heavy (non-hydrogen) atoms. The van der Waals surface area contributed by atoms with E-state index in [2.05, 4.69) is 0 Å². The summed E-state index contributed by atoms with van der Waals surface area (Å²) in [6.07, 6.45) is -12.4. The van der Waals surface area contributed by atoms with Crippen molar-refractivity contribution in [2.45, 2.75) is 55.1 Å². The maximum absolute atomic E-state index is 9.77. The van der Waals surface area contributed by atoms with Gasteiger partial charge in [0.1, 0.15) is 55.4 Å². The minimum atomic E-state index is -1.58. The van der Waals surface area contributed by atoms with Gasteiger partial charge in [0.25, 0.3) is 0 Å². The average Bonchev–Trinajstić information content (AvgIpc) is 2.51. The van der Waals surface area contributed by atoms with Crippen LogP contribution in [0.15, 0.2) is 0 Å². The van der Waals surface area contributed by atoms with E-state index in [1.54, 1.807) is 0 Å². The van der Waals surface area contributed by atoms with Gasteiger partial charge in [0, 0.05) is 0 Å². The molecule has 2 fully saturated rings. The van der Waals surface area contributed by atoms with E-state index >= 15 is 0 Å². The Morgan fingerprint density at radius 1 is 0.818 bits per heavy atom. The lowest BCUT2D eigenvalue weighted by Gasteiger charge is -2.41. The van der Waals surface area contributed by atoms with Crippen LogP contribution in [0, 0.1) is 6.61 Å². The van der Waals surface area contributed by atoms with Crippen LogP contribution in [0.25, 0.3) is 0 Å². The highest BCUT2D eigenvalue weighted by molar-refractivity contribution is 4.93. The maximum atomic E-state index is 9.77. The van der Waals surface area contributed by atoms with Crippen molar-refractivity contribution in [2.75, 3.05) is 13.2 Å². The molecule has 7 N–H and O–H groups in total. The molecule has 2 saturated heterocycles. The molecular weight excluding hydrogens is 304 g/mol. The first-order valence-corrected chi connectivity index (χ1v) is 6.82. The molecule has 0 aliphatic carbocycles. The molecule has 0 spiro atoms. The molecule has 2 aliphatic rings. The highest BCUT2D eigenvalue weighted by Crippen LogP contribution is 2.24. The summed E-state index contributed by atoms with van der Waals surface area (Å²) in [7, 11) is 0. The molecular formula is C12H21O10. The topological polar surface area (TPSA) is 169 Å². The first-order chi connectivity index (χ1) is 10.4.